The van der Waals surface area contributed by atoms with Crippen molar-refractivity contribution in [2.75, 3.05) is 0 Å². The van der Waals surface area contributed by atoms with E-state index in [0.717, 1.165) is 5.56 Å². The van der Waals surface area contributed by atoms with Gasteiger partial charge in [0.15, 0.2) is 0 Å². The van der Waals surface area contributed by atoms with Crippen molar-refractivity contribution in [2.45, 2.75) is 23.0 Å². The number of terminal acetylenes is 1. The van der Waals surface area contributed by atoms with Gasteiger partial charge in [-0.1, -0.05) is 0 Å². The van der Waals surface area contributed by atoms with Crippen molar-refractivity contribution in [3.05, 3.63) is 40.3 Å². The van der Waals surface area contributed by atoms with Crippen molar-refractivity contribution >= 4 is 33.1 Å². The molecule has 0 aromatic heterocycles. The van der Waals surface area contributed by atoms with Crippen molar-refractivity contribution in [1.82, 2.24) is 0 Å². The molecule has 0 saturated carbocycles. The molecule has 0 N–H and O–H groups in total. The molecule has 1 aromatic rings. The Balaban J connectivity index is 3.28. The molecular formula is C14H18Ge2. The van der Waals surface area contributed by atoms with E-state index in [1.807, 2.05) is 6.07 Å². The van der Waals surface area contributed by atoms with Crippen LogP contribution in [0.5, 0.6) is 0 Å². The average Bonchev–Trinajstić information content (AvgIpc) is 2.25. The van der Waals surface area contributed by atoms with Crippen LogP contribution < -0.4 is 0 Å². The predicted molar refractivity (Wildman–Crippen MR) is 77.3 cm³/mol. The molecule has 0 heterocycles. The van der Waals surface area contributed by atoms with Gasteiger partial charge in [0.1, 0.15) is 0 Å². The maximum absolute atomic E-state index is 5.57. The normalized spacial score (nSPS) is 11.9. The minimum absolute atomic E-state index is 0.927. The summed E-state index contributed by atoms with van der Waals surface area (Å²) in [6.07, 6.45) is 5.57. The summed E-state index contributed by atoms with van der Waals surface area (Å²) < 4.78 is 1.59. The molecule has 16 heavy (non-hydrogen) atoms. The molecule has 0 saturated heterocycles. The van der Waals surface area contributed by atoms with E-state index in [-0.39, 0.29) is 0 Å². The third-order valence-corrected chi connectivity index (χ3v) is 8.56. The fraction of sp³-hybridized carbons (Fsp3) is 0.286. The predicted octanol–water partition coefficient (Wildman–Crippen LogP) is 3.64. The molecule has 0 aliphatic heterocycles. The Kier molecular flexibility index (Phi) is 5.44. The molecule has 0 amide bonds. The fourth-order valence-electron chi connectivity index (χ4n) is 1.62. The molecule has 0 aliphatic rings. The Hall–Kier alpha value is -0.394. The maximum atomic E-state index is 5.57. The van der Waals surface area contributed by atoms with Crippen molar-refractivity contribution in [2.24, 2.45) is 0 Å². The fourth-order valence-corrected chi connectivity index (χ4v) is 11.6. The van der Waals surface area contributed by atoms with Gasteiger partial charge in [0.2, 0.25) is 0 Å². The summed E-state index contributed by atoms with van der Waals surface area (Å²) in [5.74, 6) is 12.4. The van der Waals surface area contributed by atoms with Gasteiger partial charge in [-0.25, -0.2) is 0 Å². The molecule has 0 atom stereocenters. The Morgan fingerprint density at radius 3 is 2.31 bits per heavy atom. The van der Waals surface area contributed by atoms with Gasteiger partial charge in [-0.3, -0.25) is 0 Å². The van der Waals surface area contributed by atoms with E-state index < -0.39 is 28.7 Å². The van der Waals surface area contributed by atoms with Crippen LogP contribution in [0.3, 0.4) is 0 Å². The van der Waals surface area contributed by atoms with Crippen LogP contribution in [0, 0.1) is 12.3 Å². The van der Waals surface area contributed by atoms with Gasteiger partial charge < -0.3 is 0 Å². The monoisotopic (exact) mass is 334 g/mol. The van der Waals surface area contributed by atoms with Crippen LogP contribution in [-0.2, 0) is 0 Å². The summed E-state index contributed by atoms with van der Waals surface area (Å²) in [4.78, 5) is 2.55. The van der Waals surface area contributed by atoms with Gasteiger partial charge in [-0.05, 0) is 0 Å². The summed E-state index contributed by atoms with van der Waals surface area (Å²) in [5, 5.41) is 0. The first kappa shape index (κ1) is 13.7. The minimum atomic E-state index is -1.07. The van der Waals surface area contributed by atoms with Gasteiger partial charge in [0.25, 0.3) is 0 Å². The van der Waals surface area contributed by atoms with Crippen LogP contribution in [0.4, 0.5) is 0 Å². The molecule has 0 bridgehead atoms. The van der Waals surface area contributed by atoms with Crippen molar-refractivity contribution < 1.29 is 0 Å². The van der Waals surface area contributed by atoms with E-state index in [0.29, 0.717) is 0 Å². The summed E-state index contributed by atoms with van der Waals surface area (Å²) >= 11 is -2.00. The van der Waals surface area contributed by atoms with E-state index in [1.54, 1.807) is 4.41 Å². The van der Waals surface area contributed by atoms with Crippen LogP contribution in [0.1, 0.15) is 11.1 Å². The molecule has 2 heteroatoms. The van der Waals surface area contributed by atoms with E-state index >= 15 is 0 Å². The Morgan fingerprint density at radius 1 is 1.19 bits per heavy atom. The summed E-state index contributed by atoms with van der Waals surface area (Å²) in [5.41, 5.74) is 2.38. The van der Waals surface area contributed by atoms with Crippen LogP contribution in [0.25, 0.3) is 4.41 Å². The van der Waals surface area contributed by atoms with E-state index in [4.69, 9.17) is 6.42 Å². The number of hydrogen-bond acceptors (Lipinski definition) is 0. The first-order valence-electron chi connectivity index (χ1n) is 5.44. The van der Waals surface area contributed by atoms with Crippen LogP contribution in [0.2, 0.25) is 23.0 Å². The van der Waals surface area contributed by atoms with Gasteiger partial charge in [-0.15, -0.1) is 0 Å². The molecular weight excluding hydrogens is 313 g/mol. The first-order chi connectivity index (χ1) is 7.56. The SMILES string of the molecule is C#Cc1ccccc1/[C](=[CH]/[Ge]([CH3])[CH3])[Ge]([CH3])[CH3]. The zero-order valence-corrected chi connectivity index (χ0v) is 14.7. The Labute approximate surface area is 108 Å². The van der Waals surface area contributed by atoms with Crippen LogP contribution in [0.15, 0.2) is 29.2 Å². The molecule has 0 fully saturated rings. The number of rotatable bonds is 3. The van der Waals surface area contributed by atoms with Crippen LogP contribution >= 0.6 is 0 Å². The molecule has 2 radical (unpaired) electrons. The van der Waals surface area contributed by atoms with E-state index in [2.05, 4.69) is 52.1 Å². The molecule has 0 spiro atoms. The Morgan fingerprint density at radius 2 is 1.81 bits per heavy atom. The zero-order valence-electron chi connectivity index (χ0n) is 10.5. The standard InChI is InChI=1S/C14H18Ge2/c1-6-12-9-7-8-10-13(12)14(16(4)5)11-15(2)3/h1,7-11H,2-5H3/b14-11-. The second kappa shape index (κ2) is 6.37. The van der Waals surface area contributed by atoms with Crippen molar-refractivity contribution in [1.29, 1.82) is 0 Å². The third kappa shape index (κ3) is 3.57. The van der Waals surface area contributed by atoms with Gasteiger partial charge in [-0.2, -0.15) is 0 Å². The molecule has 0 nitrogen and oxygen atoms in total. The van der Waals surface area contributed by atoms with Crippen LogP contribution in [-0.4, -0.2) is 28.7 Å². The molecule has 0 unspecified atom stereocenters. The van der Waals surface area contributed by atoms with E-state index in [1.165, 1.54) is 5.56 Å². The molecule has 1 rings (SSSR count). The Bertz CT molecular complexity index is 423. The quantitative estimate of drug-likeness (QED) is 0.586. The van der Waals surface area contributed by atoms with Crippen molar-refractivity contribution in [3.8, 4) is 12.3 Å². The number of hydrogen-bond donors (Lipinski definition) is 0. The summed E-state index contributed by atoms with van der Waals surface area (Å²) in [6, 6.07) is 8.35. The molecule has 82 valence electrons. The zero-order chi connectivity index (χ0) is 12.1. The average molecular weight is 332 g/mol. The van der Waals surface area contributed by atoms with Crippen molar-refractivity contribution in [3.63, 3.8) is 0 Å². The first-order valence-corrected chi connectivity index (χ1v) is 16.1. The van der Waals surface area contributed by atoms with E-state index in [9.17, 15) is 0 Å². The second-order valence-corrected chi connectivity index (χ2v) is 14.8. The summed E-state index contributed by atoms with van der Waals surface area (Å²) in [7, 11) is 0. The molecule has 0 aliphatic carbocycles. The number of benzene rings is 1. The van der Waals surface area contributed by atoms with Gasteiger partial charge in [0, 0.05) is 0 Å². The van der Waals surface area contributed by atoms with Gasteiger partial charge in [0.05, 0.1) is 0 Å². The second-order valence-electron chi connectivity index (χ2n) is 4.33. The van der Waals surface area contributed by atoms with Gasteiger partial charge >= 0.3 is 109 Å². The topological polar surface area (TPSA) is 0 Å². The summed E-state index contributed by atoms with van der Waals surface area (Å²) in [6.45, 7) is 0. The third-order valence-electron chi connectivity index (χ3n) is 2.34. The molecule has 1 aromatic carbocycles.